The second-order valence-corrected chi connectivity index (χ2v) is 5.21. The lowest BCUT2D eigenvalue weighted by Gasteiger charge is -2.24. The minimum Gasteiger partial charge on any atom is -0.385 e. The number of hydrogen-bond acceptors (Lipinski definition) is 1. The van der Waals surface area contributed by atoms with Gasteiger partial charge in [0.25, 0.3) is 0 Å². The van der Waals surface area contributed by atoms with Crippen LogP contribution in [0.15, 0.2) is 28.7 Å². The maximum absolute atomic E-state index is 10.5. The van der Waals surface area contributed by atoms with Crippen molar-refractivity contribution < 1.29 is 5.11 Å². The van der Waals surface area contributed by atoms with Crippen LogP contribution in [0.5, 0.6) is 0 Å². The highest BCUT2D eigenvalue weighted by atomic mass is 79.9. The van der Waals surface area contributed by atoms with Crippen molar-refractivity contribution in [3.05, 3.63) is 34.3 Å². The first-order chi connectivity index (χ1) is 6.62. The lowest BCUT2D eigenvalue weighted by molar-refractivity contribution is 0.0400. The third-order valence-corrected chi connectivity index (χ3v) is 3.80. The molecule has 0 aliphatic heterocycles. The molecule has 1 nitrogen and oxygen atoms in total. The lowest BCUT2D eigenvalue weighted by atomic mass is 9.91. The molecule has 2 rings (SSSR count). The Hall–Kier alpha value is -0.340. The van der Waals surface area contributed by atoms with E-state index in [9.17, 15) is 5.11 Å². The van der Waals surface area contributed by atoms with Crippen LogP contribution in [0, 0.1) is 5.92 Å². The van der Waals surface area contributed by atoms with E-state index >= 15 is 0 Å². The number of hydrogen-bond donors (Lipinski definition) is 1. The molecule has 2 heteroatoms. The Bertz CT molecular complexity index is 337. The fourth-order valence-corrected chi connectivity index (χ4v) is 3.00. The molecule has 1 aliphatic carbocycles. The molecule has 0 heterocycles. The third kappa shape index (κ3) is 1.73. The predicted octanol–water partition coefficient (Wildman–Crippen LogP) is 3.46. The first-order valence-electron chi connectivity index (χ1n) is 5.09. The standard InChI is InChI=1S/C12H15BrO/c1-9-6-7-12(14,8-9)10-4-2-3-5-11(10)13/h2-5,9,14H,6-8H2,1H3/t9-,12-/m0/s1. The summed E-state index contributed by atoms with van der Waals surface area (Å²) in [5.74, 6) is 0.632. The molecule has 0 aromatic heterocycles. The van der Waals surface area contributed by atoms with E-state index in [0.717, 1.165) is 29.3 Å². The summed E-state index contributed by atoms with van der Waals surface area (Å²) in [5.41, 5.74) is 0.448. The van der Waals surface area contributed by atoms with Crippen molar-refractivity contribution in [2.24, 2.45) is 5.92 Å². The molecule has 0 unspecified atom stereocenters. The topological polar surface area (TPSA) is 20.2 Å². The summed E-state index contributed by atoms with van der Waals surface area (Å²) in [6, 6.07) is 7.98. The molecule has 2 atom stereocenters. The maximum Gasteiger partial charge on any atom is 0.0910 e. The minimum absolute atomic E-state index is 0.598. The Kier molecular flexibility index (Phi) is 2.67. The lowest BCUT2D eigenvalue weighted by Crippen LogP contribution is -2.22. The fourth-order valence-electron chi connectivity index (χ4n) is 2.35. The van der Waals surface area contributed by atoms with Gasteiger partial charge in [-0.1, -0.05) is 41.1 Å². The van der Waals surface area contributed by atoms with Crippen LogP contribution in [-0.4, -0.2) is 5.11 Å². The van der Waals surface area contributed by atoms with Gasteiger partial charge in [-0.15, -0.1) is 0 Å². The number of halogens is 1. The van der Waals surface area contributed by atoms with Crippen LogP contribution in [0.2, 0.25) is 0 Å². The summed E-state index contributed by atoms with van der Waals surface area (Å²) >= 11 is 3.50. The van der Waals surface area contributed by atoms with E-state index in [1.807, 2.05) is 24.3 Å². The average Bonchev–Trinajstić information content (AvgIpc) is 2.48. The Morgan fingerprint density at radius 1 is 1.43 bits per heavy atom. The van der Waals surface area contributed by atoms with Crippen molar-refractivity contribution in [1.82, 2.24) is 0 Å². The smallest absolute Gasteiger partial charge is 0.0910 e. The molecule has 14 heavy (non-hydrogen) atoms. The summed E-state index contributed by atoms with van der Waals surface area (Å²) in [5, 5.41) is 10.5. The number of rotatable bonds is 1. The van der Waals surface area contributed by atoms with Gasteiger partial charge in [-0.05, 0) is 36.8 Å². The molecular weight excluding hydrogens is 240 g/mol. The molecule has 1 saturated carbocycles. The number of aliphatic hydroxyl groups is 1. The van der Waals surface area contributed by atoms with Gasteiger partial charge in [-0.3, -0.25) is 0 Å². The zero-order valence-electron chi connectivity index (χ0n) is 8.33. The predicted molar refractivity (Wildman–Crippen MR) is 61.1 cm³/mol. The van der Waals surface area contributed by atoms with E-state index in [0.29, 0.717) is 5.92 Å². The van der Waals surface area contributed by atoms with Gasteiger partial charge in [0.15, 0.2) is 0 Å². The van der Waals surface area contributed by atoms with Crippen LogP contribution in [0.1, 0.15) is 31.7 Å². The molecule has 1 aliphatic rings. The third-order valence-electron chi connectivity index (χ3n) is 3.11. The molecule has 76 valence electrons. The van der Waals surface area contributed by atoms with Gasteiger partial charge in [-0.25, -0.2) is 0 Å². The summed E-state index contributed by atoms with van der Waals surface area (Å²) < 4.78 is 1.02. The summed E-state index contributed by atoms with van der Waals surface area (Å²) in [6.07, 6.45) is 2.89. The molecule has 1 aromatic rings. The SMILES string of the molecule is C[C@H]1CC[C@@](O)(c2ccccc2Br)C1. The molecule has 1 aromatic carbocycles. The van der Waals surface area contributed by atoms with Gasteiger partial charge in [-0.2, -0.15) is 0 Å². The van der Waals surface area contributed by atoms with Crippen molar-refractivity contribution in [2.75, 3.05) is 0 Å². The zero-order valence-corrected chi connectivity index (χ0v) is 9.92. The van der Waals surface area contributed by atoms with E-state index < -0.39 is 5.60 Å². The zero-order chi connectivity index (χ0) is 10.2. The van der Waals surface area contributed by atoms with Crippen LogP contribution in [0.25, 0.3) is 0 Å². The van der Waals surface area contributed by atoms with Crippen LogP contribution < -0.4 is 0 Å². The monoisotopic (exact) mass is 254 g/mol. The van der Waals surface area contributed by atoms with E-state index in [2.05, 4.69) is 22.9 Å². The number of benzene rings is 1. The van der Waals surface area contributed by atoms with Gasteiger partial charge < -0.3 is 5.11 Å². The maximum atomic E-state index is 10.5. The molecule has 0 bridgehead atoms. The van der Waals surface area contributed by atoms with Crippen molar-refractivity contribution in [3.63, 3.8) is 0 Å². The van der Waals surface area contributed by atoms with Crippen molar-refractivity contribution in [3.8, 4) is 0 Å². The normalized spacial score (nSPS) is 32.1. The second-order valence-electron chi connectivity index (χ2n) is 4.36. The van der Waals surface area contributed by atoms with E-state index in [4.69, 9.17) is 0 Å². The van der Waals surface area contributed by atoms with E-state index in [1.165, 1.54) is 0 Å². The molecule has 0 spiro atoms. The van der Waals surface area contributed by atoms with Crippen LogP contribution >= 0.6 is 15.9 Å². The van der Waals surface area contributed by atoms with E-state index in [-0.39, 0.29) is 0 Å². The highest BCUT2D eigenvalue weighted by Gasteiger charge is 2.37. The first kappa shape index (κ1) is 10.2. The fraction of sp³-hybridized carbons (Fsp3) is 0.500. The quantitative estimate of drug-likeness (QED) is 0.814. The Balaban J connectivity index is 2.35. The van der Waals surface area contributed by atoms with Crippen LogP contribution in [-0.2, 0) is 5.60 Å². The van der Waals surface area contributed by atoms with Gasteiger partial charge in [0.1, 0.15) is 0 Å². The molecular formula is C12H15BrO. The van der Waals surface area contributed by atoms with Crippen molar-refractivity contribution >= 4 is 15.9 Å². The highest BCUT2D eigenvalue weighted by Crippen LogP contribution is 2.43. The molecule has 0 saturated heterocycles. The van der Waals surface area contributed by atoms with Crippen molar-refractivity contribution in [1.29, 1.82) is 0 Å². The summed E-state index contributed by atoms with van der Waals surface area (Å²) in [7, 11) is 0. The van der Waals surface area contributed by atoms with Gasteiger partial charge in [0.05, 0.1) is 5.60 Å². The Labute approximate surface area is 93.3 Å². The Morgan fingerprint density at radius 3 is 2.71 bits per heavy atom. The van der Waals surface area contributed by atoms with Crippen LogP contribution in [0.3, 0.4) is 0 Å². The summed E-state index contributed by atoms with van der Waals surface area (Å²) in [4.78, 5) is 0. The molecule has 0 radical (unpaired) electrons. The molecule has 1 N–H and O–H groups in total. The summed E-state index contributed by atoms with van der Waals surface area (Å²) in [6.45, 7) is 2.20. The first-order valence-corrected chi connectivity index (χ1v) is 5.88. The van der Waals surface area contributed by atoms with Crippen molar-refractivity contribution in [2.45, 2.75) is 31.8 Å². The molecule has 1 fully saturated rings. The van der Waals surface area contributed by atoms with Gasteiger partial charge in [0.2, 0.25) is 0 Å². The van der Waals surface area contributed by atoms with Gasteiger partial charge >= 0.3 is 0 Å². The van der Waals surface area contributed by atoms with E-state index in [1.54, 1.807) is 0 Å². The second kappa shape index (κ2) is 3.67. The van der Waals surface area contributed by atoms with Gasteiger partial charge in [0, 0.05) is 4.47 Å². The average molecular weight is 255 g/mol. The largest absolute Gasteiger partial charge is 0.385 e. The highest BCUT2D eigenvalue weighted by molar-refractivity contribution is 9.10. The van der Waals surface area contributed by atoms with Crippen LogP contribution in [0.4, 0.5) is 0 Å². The minimum atomic E-state index is -0.598. The molecule has 0 amide bonds. The Morgan fingerprint density at radius 2 is 2.14 bits per heavy atom.